The van der Waals surface area contributed by atoms with Gasteiger partial charge in [0.2, 0.25) is 0 Å². The van der Waals surface area contributed by atoms with Crippen molar-refractivity contribution < 1.29 is 9.53 Å². The number of benzene rings is 1. The van der Waals surface area contributed by atoms with Gasteiger partial charge >= 0.3 is 0 Å². The Bertz CT molecular complexity index is 903. The molecule has 1 N–H and O–H groups in total. The third kappa shape index (κ3) is 4.57. The topological polar surface area (TPSA) is 80.2 Å². The fourth-order valence-corrected chi connectivity index (χ4v) is 3.07. The summed E-state index contributed by atoms with van der Waals surface area (Å²) in [5.74, 6) is 0.476. The highest BCUT2D eigenvalue weighted by atomic mass is 16.5. The van der Waals surface area contributed by atoms with Crippen LogP contribution < -0.4 is 5.32 Å². The molecule has 1 atom stereocenters. The van der Waals surface area contributed by atoms with E-state index in [2.05, 4.69) is 25.2 Å². The molecule has 4 rings (SSSR count). The third-order valence-corrected chi connectivity index (χ3v) is 4.49. The number of carbonyl (C=O) groups excluding carboxylic acids is 1. The molecule has 1 aromatic carbocycles. The van der Waals surface area contributed by atoms with E-state index in [1.54, 1.807) is 6.20 Å². The van der Waals surface area contributed by atoms with Crippen LogP contribution in [-0.4, -0.2) is 51.6 Å². The van der Waals surface area contributed by atoms with Crippen molar-refractivity contribution in [2.45, 2.75) is 12.6 Å². The van der Waals surface area contributed by atoms with E-state index < -0.39 is 6.10 Å². The molecule has 0 aliphatic carbocycles. The van der Waals surface area contributed by atoms with Crippen LogP contribution in [0.3, 0.4) is 0 Å². The number of nitrogens with zero attached hydrogens (tertiary/aromatic N) is 4. The molecule has 1 unspecified atom stereocenters. The predicted octanol–water partition coefficient (Wildman–Crippen LogP) is 2.38. The Kier molecular flexibility index (Phi) is 5.65. The van der Waals surface area contributed by atoms with Crippen molar-refractivity contribution in [1.82, 2.24) is 19.9 Å². The predicted molar refractivity (Wildman–Crippen MR) is 105 cm³/mol. The molecule has 1 aliphatic rings. The number of nitrogens with one attached hydrogen (secondary N) is 1. The maximum absolute atomic E-state index is 12.5. The van der Waals surface area contributed by atoms with Crippen molar-refractivity contribution in [2.75, 3.05) is 25.0 Å². The van der Waals surface area contributed by atoms with Crippen molar-refractivity contribution in [3.63, 3.8) is 0 Å². The Morgan fingerprint density at radius 1 is 1.07 bits per heavy atom. The zero-order valence-corrected chi connectivity index (χ0v) is 15.4. The maximum Gasteiger partial charge on any atom is 0.254 e. The van der Waals surface area contributed by atoms with Crippen LogP contribution in [0.5, 0.6) is 0 Å². The monoisotopic (exact) mass is 375 g/mol. The maximum atomic E-state index is 12.5. The lowest BCUT2D eigenvalue weighted by atomic mass is 10.2. The second-order valence-corrected chi connectivity index (χ2v) is 6.58. The molecule has 2 aromatic heterocycles. The zero-order valence-electron chi connectivity index (χ0n) is 15.4. The number of hydrogen-bond acceptors (Lipinski definition) is 6. The van der Waals surface area contributed by atoms with Crippen LogP contribution in [-0.2, 0) is 16.1 Å². The number of aromatic nitrogens is 3. The van der Waals surface area contributed by atoms with E-state index in [4.69, 9.17) is 4.74 Å². The van der Waals surface area contributed by atoms with Gasteiger partial charge in [-0.25, -0.2) is 9.97 Å². The molecule has 0 saturated carbocycles. The van der Waals surface area contributed by atoms with Crippen molar-refractivity contribution in [3.05, 3.63) is 72.7 Å². The van der Waals surface area contributed by atoms with Crippen LogP contribution in [0.1, 0.15) is 5.56 Å². The molecule has 7 nitrogen and oxygen atoms in total. The molecule has 0 bridgehead atoms. The molecular formula is C21H21N5O2. The fraction of sp³-hybridized carbons (Fsp3) is 0.238. The number of ether oxygens (including phenoxy) is 1. The van der Waals surface area contributed by atoms with Crippen LogP contribution in [0.4, 0.5) is 5.69 Å². The van der Waals surface area contributed by atoms with Crippen LogP contribution in [0.15, 0.2) is 67.1 Å². The van der Waals surface area contributed by atoms with Gasteiger partial charge in [-0.1, -0.05) is 24.3 Å². The minimum atomic E-state index is -0.498. The minimum Gasteiger partial charge on any atom is -0.366 e. The van der Waals surface area contributed by atoms with Gasteiger partial charge in [-0.15, -0.1) is 0 Å². The number of rotatable bonds is 5. The van der Waals surface area contributed by atoms with Crippen molar-refractivity contribution in [3.8, 4) is 11.5 Å². The molecule has 1 fully saturated rings. The lowest BCUT2D eigenvalue weighted by Gasteiger charge is -2.32. The van der Waals surface area contributed by atoms with Gasteiger partial charge in [-0.2, -0.15) is 0 Å². The quantitative estimate of drug-likeness (QED) is 0.738. The van der Waals surface area contributed by atoms with E-state index in [1.165, 1.54) is 0 Å². The smallest absolute Gasteiger partial charge is 0.254 e. The molecule has 142 valence electrons. The summed E-state index contributed by atoms with van der Waals surface area (Å²) in [5.41, 5.74) is 2.51. The fourth-order valence-electron chi connectivity index (χ4n) is 3.07. The summed E-state index contributed by atoms with van der Waals surface area (Å²) >= 11 is 0. The Morgan fingerprint density at radius 2 is 1.86 bits per heavy atom. The number of para-hydroxylation sites is 1. The van der Waals surface area contributed by atoms with Crippen LogP contribution in [0, 0.1) is 0 Å². The molecule has 1 aliphatic heterocycles. The van der Waals surface area contributed by atoms with Gasteiger partial charge in [-0.3, -0.25) is 14.7 Å². The lowest BCUT2D eigenvalue weighted by Crippen LogP contribution is -2.47. The average molecular weight is 375 g/mol. The molecule has 1 saturated heterocycles. The summed E-state index contributed by atoms with van der Waals surface area (Å²) in [6, 6.07) is 15.1. The molecule has 1 amide bonds. The van der Waals surface area contributed by atoms with E-state index in [-0.39, 0.29) is 5.91 Å². The van der Waals surface area contributed by atoms with Gasteiger partial charge in [0, 0.05) is 49.5 Å². The number of anilines is 1. The normalized spacial score (nSPS) is 17.2. The second kappa shape index (κ2) is 8.69. The van der Waals surface area contributed by atoms with E-state index in [9.17, 15) is 4.79 Å². The first-order valence-electron chi connectivity index (χ1n) is 9.20. The first-order chi connectivity index (χ1) is 13.8. The van der Waals surface area contributed by atoms with Gasteiger partial charge in [0.25, 0.3) is 5.91 Å². The highest BCUT2D eigenvalue weighted by molar-refractivity contribution is 5.94. The van der Waals surface area contributed by atoms with Gasteiger partial charge in [-0.05, 0) is 24.3 Å². The Balaban J connectivity index is 1.35. The van der Waals surface area contributed by atoms with Crippen molar-refractivity contribution in [1.29, 1.82) is 0 Å². The number of hydrogen-bond donors (Lipinski definition) is 1. The van der Waals surface area contributed by atoms with Gasteiger partial charge < -0.3 is 10.1 Å². The molecule has 3 aromatic rings. The Morgan fingerprint density at radius 3 is 2.61 bits per heavy atom. The third-order valence-electron chi connectivity index (χ3n) is 4.49. The van der Waals surface area contributed by atoms with E-state index in [1.807, 2.05) is 60.9 Å². The van der Waals surface area contributed by atoms with Crippen LogP contribution in [0.2, 0.25) is 0 Å². The van der Waals surface area contributed by atoms with Crippen molar-refractivity contribution in [2.24, 2.45) is 0 Å². The van der Waals surface area contributed by atoms with E-state index in [0.717, 1.165) is 23.5 Å². The number of carbonyl (C=O) groups is 1. The summed E-state index contributed by atoms with van der Waals surface area (Å²) in [5, 5.41) is 2.90. The highest BCUT2D eigenvalue weighted by Crippen LogP contribution is 2.14. The summed E-state index contributed by atoms with van der Waals surface area (Å²) in [6.07, 6.45) is 4.85. The number of amides is 1. The molecule has 0 spiro atoms. The summed E-state index contributed by atoms with van der Waals surface area (Å²) < 4.78 is 5.66. The summed E-state index contributed by atoms with van der Waals surface area (Å²) in [6.45, 7) is 2.47. The first kappa shape index (κ1) is 18.2. The molecule has 3 heterocycles. The van der Waals surface area contributed by atoms with Gasteiger partial charge in [0.05, 0.1) is 6.61 Å². The molecular weight excluding hydrogens is 354 g/mol. The zero-order chi connectivity index (χ0) is 19.2. The van der Waals surface area contributed by atoms with Crippen LogP contribution in [0.25, 0.3) is 11.5 Å². The van der Waals surface area contributed by atoms with Crippen molar-refractivity contribution >= 4 is 11.6 Å². The molecule has 7 heteroatoms. The summed E-state index contributed by atoms with van der Waals surface area (Å²) in [4.78, 5) is 27.7. The van der Waals surface area contributed by atoms with Gasteiger partial charge in [0.15, 0.2) is 5.82 Å². The Hall–Kier alpha value is -3.16. The SMILES string of the molecule is O=C(Nc1ccccc1)C1CN(Cc2cnc(-c3ccccn3)nc2)CCO1. The second-order valence-electron chi connectivity index (χ2n) is 6.58. The number of morpholine rings is 1. The van der Waals surface area contributed by atoms with Gasteiger partial charge in [0.1, 0.15) is 11.8 Å². The standard InChI is InChI=1S/C21H21N5O2/c27-21(25-17-6-2-1-3-7-17)19-15-26(10-11-28-19)14-16-12-23-20(24-13-16)18-8-4-5-9-22-18/h1-9,12-13,19H,10-11,14-15H2,(H,25,27). The minimum absolute atomic E-state index is 0.127. The molecule has 28 heavy (non-hydrogen) atoms. The van der Waals surface area contributed by atoms with E-state index >= 15 is 0 Å². The molecule has 0 radical (unpaired) electrons. The van der Waals surface area contributed by atoms with Crippen LogP contribution >= 0.6 is 0 Å². The largest absolute Gasteiger partial charge is 0.366 e. The lowest BCUT2D eigenvalue weighted by molar-refractivity contribution is -0.133. The number of pyridine rings is 1. The summed E-state index contributed by atoms with van der Waals surface area (Å²) in [7, 11) is 0. The first-order valence-corrected chi connectivity index (χ1v) is 9.20. The highest BCUT2D eigenvalue weighted by Gasteiger charge is 2.26. The van der Waals surface area contributed by atoms with E-state index in [0.29, 0.717) is 25.5 Å². The Labute approximate surface area is 163 Å². The average Bonchev–Trinajstić information content (AvgIpc) is 2.76.